The molecule has 0 spiro atoms. The molecule has 0 bridgehead atoms. The first-order valence-corrected chi connectivity index (χ1v) is 6.60. The van der Waals surface area contributed by atoms with Gasteiger partial charge >= 0.3 is 0 Å². The van der Waals surface area contributed by atoms with Crippen molar-refractivity contribution in [3.8, 4) is 0 Å². The number of halogens is 1. The fourth-order valence-corrected chi connectivity index (χ4v) is 1.93. The molecule has 0 N–H and O–H groups in total. The van der Waals surface area contributed by atoms with Crippen molar-refractivity contribution >= 4 is 21.7 Å². The maximum atomic E-state index is 4.37. The molecule has 0 aromatic carbocycles. The van der Waals surface area contributed by atoms with Crippen LogP contribution in [0.4, 0.5) is 5.82 Å². The van der Waals surface area contributed by atoms with Crippen LogP contribution in [0.5, 0.6) is 0 Å². The van der Waals surface area contributed by atoms with Gasteiger partial charge in [0.2, 0.25) is 0 Å². The molecule has 2 heterocycles. The Morgan fingerprint density at radius 1 is 1.19 bits per heavy atom. The molecule has 0 radical (unpaired) electrons. The Morgan fingerprint density at radius 3 is 2.38 bits per heavy atom. The Morgan fingerprint density at radius 2 is 1.81 bits per heavy atom. The van der Waals surface area contributed by atoms with Gasteiger partial charge in [0, 0.05) is 36.8 Å². The molecule has 0 aliphatic carbocycles. The zero-order valence-corrected chi connectivity index (χ0v) is 11.9. The van der Waals surface area contributed by atoms with Crippen molar-refractivity contribution in [3.63, 3.8) is 0 Å². The number of pyridine rings is 1. The van der Waals surface area contributed by atoms with Gasteiger partial charge in [0.05, 0.1) is 0 Å². The van der Waals surface area contributed by atoms with Crippen LogP contribution >= 0.6 is 15.9 Å². The molecule has 1 aliphatic heterocycles. The summed E-state index contributed by atoms with van der Waals surface area (Å²) in [7, 11) is 2.16. The number of piperazine rings is 1. The van der Waals surface area contributed by atoms with Crippen molar-refractivity contribution < 1.29 is 0 Å². The summed E-state index contributed by atoms with van der Waals surface area (Å²) in [5.74, 6) is 1.08. The maximum absolute atomic E-state index is 4.37. The van der Waals surface area contributed by atoms with E-state index in [1.807, 2.05) is 26.1 Å². The molecular weight excluding hydrogens is 266 g/mol. The van der Waals surface area contributed by atoms with E-state index in [2.05, 4.69) is 43.8 Å². The van der Waals surface area contributed by atoms with Crippen LogP contribution in [-0.2, 0) is 0 Å². The van der Waals surface area contributed by atoms with E-state index in [-0.39, 0.29) is 0 Å². The summed E-state index contributed by atoms with van der Waals surface area (Å²) in [5, 5.41) is 0. The maximum Gasteiger partial charge on any atom is 0.129 e. The Bertz CT molecular complexity index is 309. The fourth-order valence-electron chi connectivity index (χ4n) is 1.60. The molecule has 16 heavy (non-hydrogen) atoms. The van der Waals surface area contributed by atoms with Gasteiger partial charge in [0.25, 0.3) is 0 Å². The lowest BCUT2D eigenvalue weighted by atomic mass is 10.3. The minimum absolute atomic E-state index is 1.07. The quantitative estimate of drug-likeness (QED) is 0.791. The van der Waals surface area contributed by atoms with Crippen LogP contribution in [0, 0.1) is 0 Å². The first kappa shape index (κ1) is 13.5. The molecule has 1 fully saturated rings. The number of aromatic nitrogens is 1. The van der Waals surface area contributed by atoms with Crippen molar-refractivity contribution in [2.75, 3.05) is 38.1 Å². The molecule has 1 aromatic rings. The van der Waals surface area contributed by atoms with Gasteiger partial charge in [-0.1, -0.05) is 29.8 Å². The zero-order valence-electron chi connectivity index (χ0n) is 10.3. The van der Waals surface area contributed by atoms with Gasteiger partial charge in [-0.15, -0.1) is 0 Å². The Hall–Kier alpha value is -0.610. The van der Waals surface area contributed by atoms with Crippen LogP contribution in [0.1, 0.15) is 13.8 Å². The molecule has 3 nitrogen and oxygen atoms in total. The first-order valence-electron chi connectivity index (χ1n) is 5.81. The largest absolute Gasteiger partial charge is 0.354 e. The smallest absolute Gasteiger partial charge is 0.129 e. The highest BCUT2D eigenvalue weighted by atomic mass is 79.9. The summed E-state index contributed by atoms with van der Waals surface area (Å²) in [5.41, 5.74) is 0. The predicted molar refractivity (Wildman–Crippen MR) is 73.0 cm³/mol. The number of hydrogen-bond donors (Lipinski definition) is 0. The molecule has 1 saturated heterocycles. The number of nitrogens with zero attached hydrogens (tertiary/aromatic N) is 3. The zero-order chi connectivity index (χ0) is 12.0. The van der Waals surface area contributed by atoms with E-state index in [9.17, 15) is 0 Å². The number of hydrogen-bond acceptors (Lipinski definition) is 3. The van der Waals surface area contributed by atoms with E-state index in [0.29, 0.717) is 0 Å². The van der Waals surface area contributed by atoms with Crippen LogP contribution in [0.2, 0.25) is 0 Å². The monoisotopic (exact) mass is 285 g/mol. The number of rotatable bonds is 1. The fraction of sp³-hybridized carbons (Fsp3) is 0.583. The summed E-state index contributed by atoms with van der Waals surface area (Å²) in [6.45, 7) is 8.38. The topological polar surface area (TPSA) is 19.4 Å². The lowest BCUT2D eigenvalue weighted by Crippen LogP contribution is -2.44. The average Bonchev–Trinajstić information content (AvgIpc) is 2.32. The summed E-state index contributed by atoms with van der Waals surface area (Å²) in [6, 6.07) is 4.03. The van der Waals surface area contributed by atoms with E-state index in [1.54, 1.807) is 0 Å². The SMILES string of the molecule is CC.CN1CCN(c2cc(Br)ccn2)CC1. The summed E-state index contributed by atoms with van der Waals surface area (Å²) >= 11 is 3.46. The second-order valence-corrected chi connectivity index (χ2v) is 4.54. The van der Waals surface area contributed by atoms with Gasteiger partial charge in [-0.2, -0.15) is 0 Å². The molecule has 90 valence electrons. The van der Waals surface area contributed by atoms with Crippen molar-refractivity contribution in [2.24, 2.45) is 0 Å². The Labute approximate surface area is 107 Å². The van der Waals surface area contributed by atoms with Crippen LogP contribution < -0.4 is 4.90 Å². The number of anilines is 1. The van der Waals surface area contributed by atoms with Gasteiger partial charge in [-0.3, -0.25) is 0 Å². The van der Waals surface area contributed by atoms with Crippen LogP contribution in [0.15, 0.2) is 22.8 Å². The highest BCUT2D eigenvalue weighted by Gasteiger charge is 2.14. The average molecular weight is 286 g/mol. The third-order valence-electron chi connectivity index (χ3n) is 2.53. The van der Waals surface area contributed by atoms with Crippen LogP contribution in [-0.4, -0.2) is 43.1 Å². The summed E-state index contributed by atoms with van der Waals surface area (Å²) < 4.78 is 1.10. The standard InChI is InChI=1S/C10H14BrN3.C2H6/c1-13-4-6-14(7-5-13)10-8-9(11)2-3-12-10;1-2/h2-3,8H,4-7H2,1H3;1-2H3. The predicted octanol–water partition coefficient (Wildman–Crippen LogP) is 2.62. The molecule has 0 saturated carbocycles. The molecule has 1 aliphatic rings. The van der Waals surface area contributed by atoms with Gasteiger partial charge < -0.3 is 9.80 Å². The lowest BCUT2D eigenvalue weighted by Gasteiger charge is -2.33. The van der Waals surface area contributed by atoms with Crippen molar-refractivity contribution in [1.82, 2.24) is 9.88 Å². The van der Waals surface area contributed by atoms with Crippen molar-refractivity contribution in [3.05, 3.63) is 22.8 Å². The van der Waals surface area contributed by atoms with E-state index < -0.39 is 0 Å². The number of likely N-dealkylation sites (N-methyl/N-ethyl adjacent to an activating group) is 1. The minimum atomic E-state index is 1.07. The normalized spacial score (nSPS) is 16.6. The van der Waals surface area contributed by atoms with E-state index in [4.69, 9.17) is 0 Å². The lowest BCUT2D eigenvalue weighted by molar-refractivity contribution is 0.312. The van der Waals surface area contributed by atoms with Crippen LogP contribution in [0.25, 0.3) is 0 Å². The second kappa shape index (κ2) is 6.86. The van der Waals surface area contributed by atoms with Gasteiger partial charge in [0.1, 0.15) is 5.82 Å². The minimum Gasteiger partial charge on any atom is -0.354 e. The molecule has 2 rings (SSSR count). The van der Waals surface area contributed by atoms with Crippen molar-refractivity contribution in [1.29, 1.82) is 0 Å². The molecule has 1 aromatic heterocycles. The van der Waals surface area contributed by atoms with Gasteiger partial charge in [-0.05, 0) is 19.2 Å². The van der Waals surface area contributed by atoms with E-state index in [0.717, 1.165) is 36.5 Å². The van der Waals surface area contributed by atoms with E-state index in [1.165, 1.54) is 0 Å². The van der Waals surface area contributed by atoms with Crippen molar-refractivity contribution in [2.45, 2.75) is 13.8 Å². The Balaban J connectivity index is 0.000000606. The third kappa shape index (κ3) is 3.76. The molecule has 0 unspecified atom stereocenters. The van der Waals surface area contributed by atoms with E-state index >= 15 is 0 Å². The third-order valence-corrected chi connectivity index (χ3v) is 3.03. The second-order valence-electron chi connectivity index (χ2n) is 3.62. The molecular formula is C12H20BrN3. The van der Waals surface area contributed by atoms with Gasteiger partial charge in [-0.25, -0.2) is 4.98 Å². The first-order chi connectivity index (χ1) is 7.75. The van der Waals surface area contributed by atoms with Gasteiger partial charge in [0.15, 0.2) is 0 Å². The highest BCUT2D eigenvalue weighted by Crippen LogP contribution is 2.17. The highest BCUT2D eigenvalue weighted by molar-refractivity contribution is 9.10. The molecule has 4 heteroatoms. The van der Waals surface area contributed by atoms with Crippen LogP contribution in [0.3, 0.4) is 0 Å². The molecule has 0 atom stereocenters. The summed E-state index contributed by atoms with van der Waals surface area (Å²) in [6.07, 6.45) is 1.84. The summed E-state index contributed by atoms with van der Waals surface area (Å²) in [4.78, 5) is 9.03. The Kier molecular flexibility index (Phi) is 5.77. The molecule has 0 amide bonds.